The summed E-state index contributed by atoms with van der Waals surface area (Å²) in [6.45, 7) is 3.50. The molecule has 82 valence electrons. The van der Waals surface area contributed by atoms with E-state index in [0.717, 1.165) is 5.06 Å². The standard InChI is InChI=1S/C8H16N2O4/c1-5(2)6(9-8(12)13)7(11)10(3)14-4/h5-6,9H,1-4H3,(H,12,13)/t6-/m0/s1. The van der Waals surface area contributed by atoms with Crippen molar-refractivity contribution < 1.29 is 19.5 Å². The van der Waals surface area contributed by atoms with Crippen molar-refractivity contribution in [1.29, 1.82) is 0 Å². The molecule has 0 aromatic rings. The van der Waals surface area contributed by atoms with E-state index in [1.807, 2.05) is 0 Å². The third-order valence-corrected chi connectivity index (χ3v) is 1.80. The summed E-state index contributed by atoms with van der Waals surface area (Å²) in [6.07, 6.45) is -1.22. The van der Waals surface area contributed by atoms with E-state index in [9.17, 15) is 9.59 Å². The predicted octanol–water partition coefficient (Wildman–Crippen LogP) is 0.298. The van der Waals surface area contributed by atoms with Crippen LogP contribution in [0.25, 0.3) is 0 Å². The first-order chi connectivity index (χ1) is 6.40. The van der Waals surface area contributed by atoms with Crippen LogP contribution in [0, 0.1) is 5.92 Å². The lowest BCUT2D eigenvalue weighted by atomic mass is 10.0. The van der Waals surface area contributed by atoms with Crippen LogP contribution in [0.5, 0.6) is 0 Å². The van der Waals surface area contributed by atoms with Crippen LogP contribution in [-0.2, 0) is 9.63 Å². The van der Waals surface area contributed by atoms with E-state index >= 15 is 0 Å². The molecule has 0 aliphatic carbocycles. The summed E-state index contributed by atoms with van der Waals surface area (Å²) < 4.78 is 0. The Bertz CT molecular complexity index is 217. The zero-order valence-electron chi connectivity index (χ0n) is 8.77. The van der Waals surface area contributed by atoms with Crippen LogP contribution in [-0.4, -0.2) is 42.4 Å². The third kappa shape index (κ3) is 3.61. The maximum absolute atomic E-state index is 11.5. The van der Waals surface area contributed by atoms with Crippen molar-refractivity contribution in [2.45, 2.75) is 19.9 Å². The highest BCUT2D eigenvalue weighted by Gasteiger charge is 2.26. The summed E-state index contributed by atoms with van der Waals surface area (Å²) in [5.41, 5.74) is 0. The van der Waals surface area contributed by atoms with E-state index in [2.05, 4.69) is 10.2 Å². The first kappa shape index (κ1) is 12.7. The molecule has 0 aliphatic heterocycles. The van der Waals surface area contributed by atoms with Gasteiger partial charge in [0.25, 0.3) is 5.91 Å². The van der Waals surface area contributed by atoms with Gasteiger partial charge in [0.05, 0.1) is 7.11 Å². The van der Waals surface area contributed by atoms with E-state index in [4.69, 9.17) is 5.11 Å². The summed E-state index contributed by atoms with van der Waals surface area (Å²) in [7, 11) is 2.78. The fourth-order valence-corrected chi connectivity index (χ4v) is 0.932. The summed E-state index contributed by atoms with van der Waals surface area (Å²) in [6, 6.07) is -0.780. The smallest absolute Gasteiger partial charge is 0.405 e. The Hall–Kier alpha value is -1.30. The van der Waals surface area contributed by atoms with Crippen LogP contribution < -0.4 is 5.32 Å². The number of carbonyl (C=O) groups excluding carboxylic acids is 1. The topological polar surface area (TPSA) is 78.9 Å². The molecule has 14 heavy (non-hydrogen) atoms. The van der Waals surface area contributed by atoms with Crippen LogP contribution in [0.3, 0.4) is 0 Å². The quantitative estimate of drug-likeness (QED) is 0.645. The number of nitrogens with zero attached hydrogens (tertiary/aromatic N) is 1. The first-order valence-electron chi connectivity index (χ1n) is 4.21. The van der Waals surface area contributed by atoms with Gasteiger partial charge in [-0.3, -0.25) is 9.63 Å². The second-order valence-electron chi connectivity index (χ2n) is 3.19. The maximum Gasteiger partial charge on any atom is 0.405 e. The highest BCUT2D eigenvalue weighted by molar-refractivity contribution is 5.84. The molecule has 6 nitrogen and oxygen atoms in total. The highest BCUT2D eigenvalue weighted by Crippen LogP contribution is 2.05. The van der Waals surface area contributed by atoms with Gasteiger partial charge in [0.15, 0.2) is 0 Å². The van der Waals surface area contributed by atoms with Crippen molar-refractivity contribution in [1.82, 2.24) is 10.4 Å². The zero-order valence-corrected chi connectivity index (χ0v) is 8.77. The molecule has 0 spiro atoms. The van der Waals surface area contributed by atoms with Crippen molar-refractivity contribution in [2.24, 2.45) is 5.92 Å². The molecule has 2 amide bonds. The second-order valence-corrected chi connectivity index (χ2v) is 3.19. The lowest BCUT2D eigenvalue weighted by Crippen LogP contribution is -2.49. The van der Waals surface area contributed by atoms with E-state index in [0.29, 0.717) is 0 Å². The highest BCUT2D eigenvalue weighted by atomic mass is 16.7. The van der Waals surface area contributed by atoms with Gasteiger partial charge in [0, 0.05) is 7.05 Å². The van der Waals surface area contributed by atoms with Gasteiger partial charge >= 0.3 is 6.09 Å². The van der Waals surface area contributed by atoms with E-state index in [1.165, 1.54) is 14.2 Å². The molecule has 0 unspecified atom stereocenters. The van der Waals surface area contributed by atoms with Crippen molar-refractivity contribution in [3.05, 3.63) is 0 Å². The number of nitrogens with one attached hydrogen (secondary N) is 1. The van der Waals surface area contributed by atoms with Gasteiger partial charge in [-0.15, -0.1) is 0 Å². The molecule has 6 heteroatoms. The molecule has 0 aromatic heterocycles. The lowest BCUT2D eigenvalue weighted by molar-refractivity contribution is -0.172. The first-order valence-corrected chi connectivity index (χ1v) is 4.21. The summed E-state index contributed by atoms with van der Waals surface area (Å²) in [5.74, 6) is -0.541. The number of carbonyl (C=O) groups is 2. The van der Waals surface area contributed by atoms with Gasteiger partial charge in [-0.05, 0) is 5.92 Å². The molecule has 0 rings (SSSR count). The Morgan fingerprint density at radius 2 is 1.93 bits per heavy atom. The second kappa shape index (κ2) is 5.43. The number of likely N-dealkylation sites (N-methyl/N-ethyl adjacent to an activating group) is 1. The molecule has 1 atom stereocenters. The molecule has 0 aliphatic rings. The van der Waals surface area contributed by atoms with Crippen LogP contribution in [0.2, 0.25) is 0 Å². The van der Waals surface area contributed by atoms with Crippen LogP contribution in [0.4, 0.5) is 4.79 Å². The number of carboxylic acid groups (broad SMARTS) is 1. The van der Waals surface area contributed by atoms with Gasteiger partial charge in [-0.25, -0.2) is 9.86 Å². The largest absolute Gasteiger partial charge is 0.465 e. The molecule has 0 bridgehead atoms. The summed E-state index contributed by atoms with van der Waals surface area (Å²) in [4.78, 5) is 26.6. The minimum atomic E-state index is -1.22. The molecule has 0 aromatic carbocycles. The van der Waals surface area contributed by atoms with Crippen molar-refractivity contribution >= 4 is 12.0 Å². The Labute approximate surface area is 82.8 Å². The molecule has 0 radical (unpaired) electrons. The van der Waals surface area contributed by atoms with Gasteiger partial charge < -0.3 is 10.4 Å². The Balaban J connectivity index is 4.49. The molecular weight excluding hydrogens is 188 g/mol. The average molecular weight is 204 g/mol. The minimum Gasteiger partial charge on any atom is -0.465 e. The number of amides is 2. The Morgan fingerprint density at radius 1 is 1.43 bits per heavy atom. The van der Waals surface area contributed by atoms with Crippen LogP contribution >= 0.6 is 0 Å². The van der Waals surface area contributed by atoms with Crippen molar-refractivity contribution in [3.63, 3.8) is 0 Å². The Kier molecular flexibility index (Phi) is 4.93. The average Bonchev–Trinajstić information content (AvgIpc) is 2.11. The van der Waals surface area contributed by atoms with Crippen molar-refractivity contribution in [3.8, 4) is 0 Å². The lowest BCUT2D eigenvalue weighted by Gasteiger charge is -2.24. The minimum absolute atomic E-state index is 0.129. The molecule has 0 heterocycles. The van der Waals surface area contributed by atoms with E-state index in [-0.39, 0.29) is 5.92 Å². The van der Waals surface area contributed by atoms with E-state index < -0.39 is 18.0 Å². The van der Waals surface area contributed by atoms with Gasteiger partial charge in [0.1, 0.15) is 6.04 Å². The molecule has 2 N–H and O–H groups in total. The number of hydrogen-bond acceptors (Lipinski definition) is 3. The van der Waals surface area contributed by atoms with Gasteiger partial charge in [0.2, 0.25) is 0 Å². The fourth-order valence-electron chi connectivity index (χ4n) is 0.932. The number of hydroxylamine groups is 2. The van der Waals surface area contributed by atoms with Crippen LogP contribution in [0.15, 0.2) is 0 Å². The number of rotatable bonds is 4. The van der Waals surface area contributed by atoms with E-state index in [1.54, 1.807) is 13.8 Å². The molecular formula is C8H16N2O4. The summed E-state index contributed by atoms with van der Waals surface area (Å²) in [5, 5.41) is 11.7. The molecule has 0 fully saturated rings. The maximum atomic E-state index is 11.5. The summed E-state index contributed by atoms with van der Waals surface area (Å²) >= 11 is 0. The monoisotopic (exact) mass is 204 g/mol. The normalized spacial score (nSPS) is 12.4. The SMILES string of the molecule is CON(C)C(=O)[C@@H](NC(=O)O)C(C)C. The number of hydrogen-bond donors (Lipinski definition) is 2. The van der Waals surface area contributed by atoms with Gasteiger partial charge in [-0.1, -0.05) is 13.8 Å². The van der Waals surface area contributed by atoms with Gasteiger partial charge in [-0.2, -0.15) is 0 Å². The molecule has 0 saturated heterocycles. The Morgan fingerprint density at radius 3 is 2.21 bits per heavy atom. The zero-order chi connectivity index (χ0) is 11.3. The van der Waals surface area contributed by atoms with Crippen molar-refractivity contribution in [2.75, 3.05) is 14.2 Å². The predicted molar refractivity (Wildman–Crippen MR) is 49.6 cm³/mol. The fraction of sp³-hybridized carbons (Fsp3) is 0.750. The van der Waals surface area contributed by atoms with Crippen LogP contribution in [0.1, 0.15) is 13.8 Å². The molecule has 0 saturated carbocycles. The third-order valence-electron chi connectivity index (χ3n) is 1.80.